The maximum absolute atomic E-state index is 10.6. The second-order valence-electron chi connectivity index (χ2n) is 4.17. The molecule has 1 amide bonds. The fourth-order valence-corrected chi connectivity index (χ4v) is 2.10. The van der Waals surface area contributed by atoms with Crippen LogP contribution in [0.1, 0.15) is 5.56 Å². The molecule has 1 aliphatic rings. The summed E-state index contributed by atoms with van der Waals surface area (Å²) in [4.78, 5) is 14.7. The minimum absolute atomic E-state index is 0.799. The molecule has 0 radical (unpaired) electrons. The molecule has 4 heteroatoms. The van der Waals surface area contributed by atoms with E-state index in [1.807, 2.05) is 17.0 Å². The van der Waals surface area contributed by atoms with Crippen LogP contribution in [0.25, 0.3) is 0 Å². The third-order valence-corrected chi connectivity index (χ3v) is 3.02. The largest absolute Gasteiger partial charge is 0.399 e. The summed E-state index contributed by atoms with van der Waals surface area (Å²) in [7, 11) is 0. The Hall–Kier alpha value is -1.71. The third kappa shape index (κ3) is 2.10. The van der Waals surface area contributed by atoms with Crippen molar-refractivity contribution in [2.24, 2.45) is 0 Å². The zero-order valence-electron chi connectivity index (χ0n) is 9.52. The molecule has 1 fully saturated rings. The van der Waals surface area contributed by atoms with Crippen molar-refractivity contribution in [3.63, 3.8) is 0 Å². The Balaban J connectivity index is 2.11. The average Bonchev–Trinajstić information content (AvgIpc) is 2.29. The number of amides is 1. The van der Waals surface area contributed by atoms with Gasteiger partial charge in [-0.3, -0.25) is 4.79 Å². The van der Waals surface area contributed by atoms with Crippen LogP contribution < -0.4 is 10.6 Å². The van der Waals surface area contributed by atoms with E-state index in [0.717, 1.165) is 38.3 Å². The molecule has 1 heterocycles. The molecule has 1 aromatic rings. The summed E-state index contributed by atoms with van der Waals surface area (Å²) in [6.07, 6.45) is 0.924. The minimum Gasteiger partial charge on any atom is -0.399 e. The van der Waals surface area contributed by atoms with Crippen LogP contribution in [-0.2, 0) is 4.79 Å². The lowest BCUT2D eigenvalue weighted by Crippen LogP contribution is -2.45. The highest BCUT2D eigenvalue weighted by Crippen LogP contribution is 2.23. The molecule has 0 bridgehead atoms. The number of aryl methyl sites for hydroxylation is 1. The molecule has 1 aromatic carbocycles. The van der Waals surface area contributed by atoms with E-state index in [9.17, 15) is 4.79 Å². The van der Waals surface area contributed by atoms with Crippen molar-refractivity contribution < 1.29 is 4.79 Å². The Morgan fingerprint density at radius 2 is 1.94 bits per heavy atom. The van der Waals surface area contributed by atoms with Crippen molar-refractivity contribution in [2.45, 2.75) is 6.92 Å². The molecule has 86 valence electrons. The van der Waals surface area contributed by atoms with Gasteiger partial charge in [-0.1, -0.05) is 0 Å². The van der Waals surface area contributed by atoms with Gasteiger partial charge >= 0.3 is 0 Å². The van der Waals surface area contributed by atoms with E-state index in [1.54, 1.807) is 0 Å². The molecule has 16 heavy (non-hydrogen) atoms. The van der Waals surface area contributed by atoms with Gasteiger partial charge in [-0.25, -0.2) is 0 Å². The zero-order valence-corrected chi connectivity index (χ0v) is 9.52. The molecule has 1 saturated heterocycles. The first-order chi connectivity index (χ1) is 7.70. The van der Waals surface area contributed by atoms with Gasteiger partial charge < -0.3 is 15.5 Å². The van der Waals surface area contributed by atoms with Crippen molar-refractivity contribution in [2.75, 3.05) is 36.8 Å². The Kier molecular flexibility index (Phi) is 2.99. The van der Waals surface area contributed by atoms with Gasteiger partial charge in [-0.05, 0) is 30.7 Å². The van der Waals surface area contributed by atoms with Crippen molar-refractivity contribution >= 4 is 17.8 Å². The van der Waals surface area contributed by atoms with Gasteiger partial charge in [-0.15, -0.1) is 0 Å². The molecule has 2 rings (SSSR count). The first-order valence-corrected chi connectivity index (χ1v) is 5.51. The highest BCUT2D eigenvalue weighted by Gasteiger charge is 2.16. The van der Waals surface area contributed by atoms with Gasteiger partial charge in [0.2, 0.25) is 6.41 Å². The zero-order chi connectivity index (χ0) is 11.5. The first kappa shape index (κ1) is 10.8. The predicted molar refractivity (Wildman–Crippen MR) is 65.4 cm³/mol. The smallest absolute Gasteiger partial charge is 0.209 e. The van der Waals surface area contributed by atoms with Crippen LogP contribution in [0.5, 0.6) is 0 Å². The van der Waals surface area contributed by atoms with Crippen LogP contribution >= 0.6 is 0 Å². The van der Waals surface area contributed by atoms with E-state index in [-0.39, 0.29) is 0 Å². The summed E-state index contributed by atoms with van der Waals surface area (Å²) in [5.74, 6) is 0. The summed E-state index contributed by atoms with van der Waals surface area (Å²) in [5.41, 5.74) is 8.94. The predicted octanol–water partition coefficient (Wildman–Crippen LogP) is 0.856. The van der Waals surface area contributed by atoms with Crippen molar-refractivity contribution in [3.05, 3.63) is 23.8 Å². The Morgan fingerprint density at radius 3 is 2.50 bits per heavy atom. The van der Waals surface area contributed by atoms with E-state index in [1.165, 1.54) is 11.3 Å². The van der Waals surface area contributed by atoms with Crippen LogP contribution in [0.3, 0.4) is 0 Å². The lowest BCUT2D eigenvalue weighted by molar-refractivity contribution is -0.118. The molecule has 0 atom stereocenters. The first-order valence-electron chi connectivity index (χ1n) is 5.51. The van der Waals surface area contributed by atoms with Crippen LogP contribution in [0.2, 0.25) is 0 Å². The Bertz CT molecular complexity index is 384. The van der Waals surface area contributed by atoms with Gasteiger partial charge in [0.1, 0.15) is 0 Å². The van der Waals surface area contributed by atoms with Gasteiger partial charge in [0.25, 0.3) is 0 Å². The Morgan fingerprint density at radius 1 is 1.25 bits per heavy atom. The number of rotatable bonds is 2. The Labute approximate surface area is 95.6 Å². The highest BCUT2D eigenvalue weighted by molar-refractivity contribution is 5.60. The number of carbonyl (C=O) groups is 1. The number of carbonyl (C=O) groups excluding carboxylic acids is 1. The number of anilines is 2. The fourth-order valence-electron chi connectivity index (χ4n) is 2.10. The van der Waals surface area contributed by atoms with Crippen LogP contribution in [-0.4, -0.2) is 37.5 Å². The molecule has 2 N–H and O–H groups in total. The van der Waals surface area contributed by atoms with E-state index in [4.69, 9.17) is 5.73 Å². The summed E-state index contributed by atoms with van der Waals surface area (Å²) in [6.45, 7) is 5.45. The standard InChI is InChI=1S/C12H17N3O/c1-10-8-11(13)2-3-12(10)15-6-4-14(9-16)5-7-15/h2-3,8-9H,4-7,13H2,1H3. The SMILES string of the molecule is Cc1cc(N)ccc1N1CCN(C=O)CC1. The second kappa shape index (κ2) is 4.43. The third-order valence-electron chi connectivity index (χ3n) is 3.02. The second-order valence-corrected chi connectivity index (χ2v) is 4.17. The van der Waals surface area contributed by atoms with Gasteiger partial charge in [0.15, 0.2) is 0 Å². The number of benzene rings is 1. The molecule has 0 aliphatic carbocycles. The maximum Gasteiger partial charge on any atom is 0.209 e. The molecule has 4 nitrogen and oxygen atoms in total. The van der Waals surface area contributed by atoms with E-state index < -0.39 is 0 Å². The number of hydrogen-bond acceptors (Lipinski definition) is 3. The lowest BCUT2D eigenvalue weighted by Gasteiger charge is -2.35. The number of hydrogen-bond donors (Lipinski definition) is 1. The highest BCUT2D eigenvalue weighted by atomic mass is 16.1. The quantitative estimate of drug-likeness (QED) is 0.593. The summed E-state index contributed by atoms with van der Waals surface area (Å²) in [6, 6.07) is 5.97. The molecular weight excluding hydrogens is 202 g/mol. The molecule has 0 unspecified atom stereocenters. The number of nitrogen functional groups attached to an aromatic ring is 1. The topological polar surface area (TPSA) is 49.6 Å². The van der Waals surface area contributed by atoms with Crippen molar-refractivity contribution in [3.8, 4) is 0 Å². The lowest BCUT2D eigenvalue weighted by atomic mass is 10.1. The van der Waals surface area contributed by atoms with Gasteiger partial charge in [0, 0.05) is 37.6 Å². The minimum atomic E-state index is 0.799. The van der Waals surface area contributed by atoms with E-state index in [0.29, 0.717) is 0 Å². The molecule has 0 aromatic heterocycles. The van der Waals surface area contributed by atoms with Crippen molar-refractivity contribution in [1.29, 1.82) is 0 Å². The van der Waals surface area contributed by atoms with E-state index >= 15 is 0 Å². The monoisotopic (exact) mass is 219 g/mol. The van der Waals surface area contributed by atoms with Crippen LogP contribution in [0.4, 0.5) is 11.4 Å². The average molecular weight is 219 g/mol. The maximum atomic E-state index is 10.6. The molecular formula is C12H17N3O. The fraction of sp³-hybridized carbons (Fsp3) is 0.417. The van der Waals surface area contributed by atoms with Crippen molar-refractivity contribution in [1.82, 2.24) is 4.90 Å². The van der Waals surface area contributed by atoms with Gasteiger partial charge in [0.05, 0.1) is 0 Å². The normalized spacial score (nSPS) is 16.3. The van der Waals surface area contributed by atoms with Gasteiger partial charge in [-0.2, -0.15) is 0 Å². The number of piperazine rings is 1. The summed E-state index contributed by atoms with van der Waals surface area (Å²) < 4.78 is 0. The number of nitrogens with two attached hydrogens (primary N) is 1. The molecule has 1 aliphatic heterocycles. The van der Waals surface area contributed by atoms with E-state index in [2.05, 4.69) is 17.9 Å². The van der Waals surface area contributed by atoms with Crippen LogP contribution in [0.15, 0.2) is 18.2 Å². The molecule has 0 spiro atoms. The molecule has 0 saturated carbocycles. The number of nitrogens with zero attached hydrogens (tertiary/aromatic N) is 2. The summed E-state index contributed by atoms with van der Waals surface area (Å²) in [5, 5.41) is 0. The van der Waals surface area contributed by atoms with Crippen LogP contribution in [0, 0.1) is 6.92 Å². The summed E-state index contributed by atoms with van der Waals surface area (Å²) >= 11 is 0.